The molecule has 1 N–H and O–H groups in total. The van der Waals surface area contributed by atoms with E-state index in [9.17, 15) is 16.8 Å². The van der Waals surface area contributed by atoms with Crippen LogP contribution in [0.5, 0.6) is 0 Å². The summed E-state index contributed by atoms with van der Waals surface area (Å²) in [5.74, 6) is -0.435. The second-order valence-electron chi connectivity index (χ2n) is 2.69. The summed E-state index contributed by atoms with van der Waals surface area (Å²) in [4.78, 5) is 0. The van der Waals surface area contributed by atoms with Gasteiger partial charge in [0, 0.05) is 6.42 Å². The van der Waals surface area contributed by atoms with Gasteiger partial charge in [-0.1, -0.05) is 0 Å². The first-order chi connectivity index (χ1) is 5.74. The molecule has 6 nitrogen and oxygen atoms in total. The SMILES string of the molecule is CC(CCS(=O)(=O)O)[N+](C)=S(=O)=O. The molecule has 0 aromatic heterocycles. The maximum atomic E-state index is 10.4. The first-order valence-electron chi connectivity index (χ1n) is 3.51. The summed E-state index contributed by atoms with van der Waals surface area (Å²) in [6.45, 7) is 1.56. The van der Waals surface area contributed by atoms with Crippen LogP contribution in [0.2, 0.25) is 0 Å². The van der Waals surface area contributed by atoms with Gasteiger partial charge in [0.2, 0.25) is 0 Å². The van der Waals surface area contributed by atoms with Gasteiger partial charge in [0.05, 0.1) is 5.75 Å². The lowest BCUT2D eigenvalue weighted by Gasteiger charge is -2.01. The second-order valence-corrected chi connectivity index (χ2v) is 5.27. The van der Waals surface area contributed by atoms with Crippen molar-refractivity contribution >= 4 is 20.6 Å². The van der Waals surface area contributed by atoms with Crippen LogP contribution in [0.1, 0.15) is 13.3 Å². The smallest absolute Gasteiger partial charge is 0.286 e. The van der Waals surface area contributed by atoms with Crippen molar-refractivity contribution in [3.63, 3.8) is 0 Å². The molecular weight excluding hydrogens is 218 g/mol. The summed E-state index contributed by atoms with van der Waals surface area (Å²) in [6.07, 6.45) is 0.0727. The summed E-state index contributed by atoms with van der Waals surface area (Å²) >= 11 is 0. The molecule has 0 amide bonds. The molecule has 0 fully saturated rings. The van der Waals surface area contributed by atoms with E-state index in [2.05, 4.69) is 0 Å². The Morgan fingerprint density at radius 2 is 1.92 bits per heavy atom. The quantitative estimate of drug-likeness (QED) is 0.512. The van der Waals surface area contributed by atoms with Gasteiger partial charge in [0.25, 0.3) is 10.1 Å². The van der Waals surface area contributed by atoms with Gasteiger partial charge in [0.15, 0.2) is 13.1 Å². The lowest BCUT2D eigenvalue weighted by atomic mass is 10.3. The van der Waals surface area contributed by atoms with Crippen LogP contribution in [0.15, 0.2) is 0 Å². The molecule has 0 saturated carbocycles. The van der Waals surface area contributed by atoms with Crippen molar-refractivity contribution in [2.45, 2.75) is 19.4 Å². The molecule has 0 heterocycles. The monoisotopic (exact) mass is 230 g/mol. The Balaban J connectivity index is 4.36. The van der Waals surface area contributed by atoms with Gasteiger partial charge in [0.1, 0.15) is 0 Å². The molecule has 0 spiro atoms. The summed E-state index contributed by atoms with van der Waals surface area (Å²) in [5, 5.41) is 0. The van der Waals surface area contributed by atoms with Crippen LogP contribution in [-0.2, 0) is 20.6 Å². The van der Waals surface area contributed by atoms with Gasteiger partial charge in [-0.2, -0.15) is 8.42 Å². The maximum absolute atomic E-state index is 10.4. The third-order valence-corrected chi connectivity index (χ3v) is 3.23. The van der Waals surface area contributed by atoms with Crippen LogP contribution < -0.4 is 0 Å². The van der Waals surface area contributed by atoms with Crippen molar-refractivity contribution in [2.24, 2.45) is 0 Å². The predicted octanol–water partition coefficient (Wildman–Crippen LogP) is -0.642. The highest BCUT2D eigenvalue weighted by molar-refractivity contribution is 7.85. The second kappa shape index (κ2) is 4.68. The van der Waals surface area contributed by atoms with Crippen molar-refractivity contribution in [3.05, 3.63) is 0 Å². The highest BCUT2D eigenvalue weighted by Crippen LogP contribution is 1.98. The molecule has 0 aromatic rings. The van der Waals surface area contributed by atoms with Crippen molar-refractivity contribution in [1.29, 1.82) is 0 Å². The van der Waals surface area contributed by atoms with E-state index in [-0.39, 0.29) is 6.42 Å². The Morgan fingerprint density at radius 3 is 2.23 bits per heavy atom. The van der Waals surface area contributed by atoms with Crippen LogP contribution in [0.4, 0.5) is 0 Å². The molecule has 78 valence electrons. The van der Waals surface area contributed by atoms with E-state index in [0.29, 0.717) is 0 Å². The van der Waals surface area contributed by atoms with Gasteiger partial charge in [-0.25, -0.2) is 0 Å². The number of hydrogen-bond acceptors (Lipinski definition) is 4. The minimum Gasteiger partial charge on any atom is -0.286 e. The van der Waals surface area contributed by atoms with Crippen LogP contribution in [-0.4, -0.2) is 44.2 Å². The Morgan fingerprint density at radius 1 is 1.46 bits per heavy atom. The third kappa shape index (κ3) is 5.72. The summed E-state index contributed by atoms with van der Waals surface area (Å²) in [7, 11) is -5.04. The molecule has 0 bridgehead atoms. The first kappa shape index (κ1) is 12.5. The van der Waals surface area contributed by atoms with Gasteiger partial charge in [-0.05, 0) is 6.92 Å². The van der Waals surface area contributed by atoms with Gasteiger partial charge in [-0.15, -0.1) is 12.4 Å². The lowest BCUT2D eigenvalue weighted by Crippen LogP contribution is -2.22. The van der Waals surface area contributed by atoms with Crippen LogP contribution in [0, 0.1) is 0 Å². The Labute approximate surface area is 78.6 Å². The van der Waals surface area contributed by atoms with Crippen molar-refractivity contribution < 1.29 is 25.3 Å². The van der Waals surface area contributed by atoms with E-state index in [1.165, 1.54) is 7.05 Å². The number of hydrogen-bond donors (Lipinski definition) is 1. The molecule has 0 aliphatic carbocycles. The molecule has 0 aliphatic heterocycles. The fraction of sp³-hybridized carbons (Fsp3) is 1.00. The van der Waals surface area contributed by atoms with Gasteiger partial charge < -0.3 is 0 Å². The van der Waals surface area contributed by atoms with Crippen molar-refractivity contribution in [2.75, 3.05) is 12.8 Å². The van der Waals surface area contributed by atoms with Crippen molar-refractivity contribution in [1.82, 2.24) is 0 Å². The number of rotatable bonds is 4. The van der Waals surface area contributed by atoms with E-state index in [4.69, 9.17) is 4.55 Å². The number of nitrogens with zero attached hydrogens (tertiary/aromatic N) is 1. The Hall–Kier alpha value is -0.470. The molecular formula is C5H12NO5S2+. The predicted molar refractivity (Wildman–Crippen MR) is 45.6 cm³/mol. The van der Waals surface area contributed by atoms with Gasteiger partial charge >= 0.3 is 10.5 Å². The highest BCUT2D eigenvalue weighted by atomic mass is 32.2. The minimum absolute atomic E-state index is 0.0727. The minimum atomic E-state index is -4.01. The zero-order valence-corrected chi connectivity index (χ0v) is 8.97. The molecule has 1 unspecified atom stereocenters. The van der Waals surface area contributed by atoms with E-state index in [1.807, 2.05) is 0 Å². The molecule has 13 heavy (non-hydrogen) atoms. The van der Waals surface area contributed by atoms with E-state index >= 15 is 0 Å². The fourth-order valence-corrected chi connectivity index (χ4v) is 1.69. The maximum Gasteiger partial charge on any atom is 0.458 e. The first-order valence-corrected chi connectivity index (χ1v) is 6.15. The summed E-state index contributed by atoms with van der Waals surface area (Å²) in [6, 6.07) is -0.444. The van der Waals surface area contributed by atoms with E-state index in [0.717, 1.165) is 3.95 Å². The molecule has 0 aliphatic rings. The van der Waals surface area contributed by atoms with E-state index in [1.54, 1.807) is 6.92 Å². The summed E-state index contributed by atoms with van der Waals surface area (Å²) in [5.41, 5.74) is 0. The molecule has 0 radical (unpaired) electrons. The molecule has 1 atom stereocenters. The zero-order valence-electron chi connectivity index (χ0n) is 7.34. The Kier molecular flexibility index (Phi) is 4.51. The average Bonchev–Trinajstić information content (AvgIpc) is 1.97. The van der Waals surface area contributed by atoms with Crippen LogP contribution >= 0.6 is 0 Å². The van der Waals surface area contributed by atoms with Gasteiger partial charge in [-0.3, -0.25) is 4.55 Å². The summed E-state index contributed by atoms with van der Waals surface area (Å²) < 4.78 is 50.8. The molecule has 0 aromatic carbocycles. The largest absolute Gasteiger partial charge is 0.458 e. The molecule has 0 rings (SSSR count). The average molecular weight is 230 g/mol. The van der Waals surface area contributed by atoms with Crippen LogP contribution in [0.3, 0.4) is 0 Å². The van der Waals surface area contributed by atoms with Crippen molar-refractivity contribution in [3.8, 4) is 0 Å². The highest BCUT2D eigenvalue weighted by Gasteiger charge is 2.16. The molecule has 0 saturated heterocycles. The third-order valence-electron chi connectivity index (χ3n) is 1.65. The van der Waals surface area contributed by atoms with E-state index < -0.39 is 32.4 Å². The normalized spacial score (nSPS) is 13.8. The Bertz CT molecular complexity index is 385. The topological polar surface area (TPSA) is 91.5 Å². The zero-order chi connectivity index (χ0) is 10.6. The fourth-order valence-electron chi connectivity index (χ4n) is 0.648. The lowest BCUT2D eigenvalue weighted by molar-refractivity contribution is -0.510. The standard InChI is InChI=1S/C5H11NO5S2/c1-5(6(2)12(7)8)3-4-13(9,10)11/h5H,3-4H2,1-2H3/p+1. The molecule has 8 heteroatoms. The van der Waals surface area contributed by atoms with Crippen LogP contribution in [0.25, 0.3) is 0 Å².